The molecule has 1 fully saturated rings. The number of carbonyl (C=O) groups is 1. The van der Waals surface area contributed by atoms with Gasteiger partial charge in [-0.25, -0.2) is 0 Å². The van der Waals surface area contributed by atoms with E-state index in [0.29, 0.717) is 6.42 Å². The smallest absolute Gasteiger partial charge is 0.277 e. The van der Waals surface area contributed by atoms with Crippen LogP contribution in [0.15, 0.2) is 78.9 Å². The summed E-state index contributed by atoms with van der Waals surface area (Å²) >= 11 is 0. The van der Waals surface area contributed by atoms with Gasteiger partial charge in [0.15, 0.2) is 0 Å². The maximum absolute atomic E-state index is 13.1. The Balaban J connectivity index is 1.59. The van der Waals surface area contributed by atoms with Crippen molar-refractivity contribution in [3.63, 3.8) is 0 Å². The van der Waals surface area contributed by atoms with Crippen molar-refractivity contribution >= 4 is 17.3 Å². The SMILES string of the molecule is O=C(N[C@H]1CCC[C@@H](Cc2ccccc2)N[C@@H]1c1ccccc1)c1cc([N+](=O)[O-])cc([N+](=O)[O-])c1. The van der Waals surface area contributed by atoms with Gasteiger partial charge in [0, 0.05) is 24.2 Å². The first-order valence-electron chi connectivity index (χ1n) is 11.5. The van der Waals surface area contributed by atoms with Crippen molar-refractivity contribution in [2.45, 2.75) is 43.8 Å². The molecule has 0 bridgehead atoms. The maximum atomic E-state index is 13.1. The van der Waals surface area contributed by atoms with Gasteiger partial charge in [0.05, 0.1) is 27.5 Å². The van der Waals surface area contributed by atoms with Crippen molar-refractivity contribution in [2.75, 3.05) is 0 Å². The molecule has 1 aliphatic rings. The van der Waals surface area contributed by atoms with Crippen LogP contribution >= 0.6 is 0 Å². The van der Waals surface area contributed by atoms with E-state index in [1.807, 2.05) is 48.5 Å². The Bertz CT molecular complexity index is 1170. The molecule has 3 atom stereocenters. The number of nitro groups is 2. The first kappa shape index (κ1) is 24.0. The minimum absolute atomic E-state index is 0.109. The zero-order valence-electron chi connectivity index (χ0n) is 19.0. The van der Waals surface area contributed by atoms with Gasteiger partial charge in [0.25, 0.3) is 17.3 Å². The van der Waals surface area contributed by atoms with E-state index in [0.717, 1.165) is 43.0 Å². The summed E-state index contributed by atoms with van der Waals surface area (Å²) in [6.45, 7) is 0. The molecule has 0 spiro atoms. The normalized spacial score (nSPS) is 19.9. The molecule has 180 valence electrons. The van der Waals surface area contributed by atoms with Gasteiger partial charge < -0.3 is 10.6 Å². The zero-order valence-corrected chi connectivity index (χ0v) is 19.0. The second-order valence-electron chi connectivity index (χ2n) is 8.70. The second kappa shape index (κ2) is 10.9. The summed E-state index contributed by atoms with van der Waals surface area (Å²) in [7, 11) is 0. The van der Waals surface area contributed by atoms with Crippen LogP contribution in [0, 0.1) is 20.2 Å². The minimum atomic E-state index is -0.738. The molecular formula is C26H26N4O5. The predicted octanol–water partition coefficient (Wildman–Crippen LogP) is 4.73. The molecule has 0 aliphatic carbocycles. The van der Waals surface area contributed by atoms with Crippen molar-refractivity contribution in [1.29, 1.82) is 0 Å². The standard InChI is InChI=1S/C26H26N4O5/c31-26(20-15-22(29(32)33)17-23(16-20)30(34)35)28-24-13-7-12-21(14-18-8-3-1-4-9-18)27-25(24)19-10-5-2-6-11-19/h1-6,8-11,15-17,21,24-25,27H,7,12-14H2,(H,28,31)/t21-,24-,25+/m0/s1. The monoisotopic (exact) mass is 474 g/mol. The fourth-order valence-electron chi connectivity index (χ4n) is 4.60. The van der Waals surface area contributed by atoms with E-state index in [-0.39, 0.29) is 23.7 Å². The lowest BCUT2D eigenvalue weighted by Crippen LogP contribution is -2.46. The summed E-state index contributed by atoms with van der Waals surface area (Å²) < 4.78 is 0. The Kier molecular flexibility index (Phi) is 7.47. The lowest BCUT2D eigenvalue weighted by molar-refractivity contribution is -0.394. The largest absolute Gasteiger partial charge is 0.347 e. The van der Waals surface area contributed by atoms with E-state index in [1.165, 1.54) is 5.56 Å². The molecule has 4 rings (SSSR count). The minimum Gasteiger partial charge on any atom is -0.347 e. The van der Waals surface area contributed by atoms with E-state index in [2.05, 4.69) is 22.8 Å². The highest BCUT2D eigenvalue weighted by Crippen LogP contribution is 2.28. The van der Waals surface area contributed by atoms with Gasteiger partial charge >= 0.3 is 0 Å². The van der Waals surface area contributed by atoms with E-state index in [4.69, 9.17) is 0 Å². The number of nitrogens with one attached hydrogen (secondary N) is 2. The topological polar surface area (TPSA) is 127 Å². The van der Waals surface area contributed by atoms with Gasteiger partial charge in [-0.2, -0.15) is 0 Å². The number of carbonyl (C=O) groups excluding carboxylic acids is 1. The Morgan fingerprint density at radius 1 is 0.886 bits per heavy atom. The highest BCUT2D eigenvalue weighted by Gasteiger charge is 2.31. The fraction of sp³-hybridized carbons (Fsp3) is 0.269. The van der Waals surface area contributed by atoms with Crippen LogP contribution < -0.4 is 10.6 Å². The van der Waals surface area contributed by atoms with Crippen molar-refractivity contribution in [2.24, 2.45) is 0 Å². The van der Waals surface area contributed by atoms with Gasteiger partial charge in [0.2, 0.25) is 0 Å². The Labute approximate surface area is 202 Å². The van der Waals surface area contributed by atoms with Crippen LogP contribution in [-0.4, -0.2) is 27.8 Å². The van der Waals surface area contributed by atoms with Crippen molar-refractivity contribution in [3.8, 4) is 0 Å². The molecule has 35 heavy (non-hydrogen) atoms. The molecule has 3 aromatic rings. The summed E-state index contributed by atoms with van der Waals surface area (Å²) in [6.07, 6.45) is 3.34. The molecule has 2 N–H and O–H groups in total. The number of nitro benzene ring substituents is 2. The van der Waals surface area contributed by atoms with Crippen molar-refractivity contribution < 1.29 is 14.6 Å². The summed E-state index contributed by atoms with van der Waals surface area (Å²) in [6, 6.07) is 22.7. The third-order valence-corrected chi connectivity index (χ3v) is 6.27. The lowest BCUT2D eigenvalue weighted by Gasteiger charge is -2.30. The maximum Gasteiger partial charge on any atom is 0.277 e. The van der Waals surface area contributed by atoms with Gasteiger partial charge in [-0.05, 0) is 36.8 Å². The van der Waals surface area contributed by atoms with E-state index in [1.54, 1.807) is 0 Å². The molecule has 1 aliphatic heterocycles. The number of non-ortho nitro benzene ring substituents is 2. The fourth-order valence-corrected chi connectivity index (χ4v) is 4.60. The molecule has 9 heteroatoms. The Morgan fingerprint density at radius 2 is 1.49 bits per heavy atom. The molecule has 0 unspecified atom stereocenters. The highest BCUT2D eigenvalue weighted by molar-refractivity contribution is 5.95. The number of nitrogens with zero attached hydrogens (tertiary/aromatic N) is 2. The Hall–Kier alpha value is -4.11. The third kappa shape index (κ3) is 6.07. The molecule has 1 saturated heterocycles. The molecule has 1 heterocycles. The van der Waals surface area contributed by atoms with Crippen molar-refractivity contribution in [3.05, 3.63) is 116 Å². The van der Waals surface area contributed by atoms with Gasteiger partial charge in [-0.3, -0.25) is 25.0 Å². The van der Waals surface area contributed by atoms with E-state index < -0.39 is 27.1 Å². The number of hydrogen-bond acceptors (Lipinski definition) is 6. The quantitative estimate of drug-likeness (QED) is 0.376. The number of rotatable bonds is 7. The molecule has 0 saturated carbocycles. The van der Waals surface area contributed by atoms with Crippen LogP contribution in [-0.2, 0) is 6.42 Å². The van der Waals surface area contributed by atoms with Crippen molar-refractivity contribution in [1.82, 2.24) is 10.6 Å². The summed E-state index contributed by atoms with van der Waals surface area (Å²) in [5.41, 5.74) is 1.14. The van der Waals surface area contributed by atoms with Gasteiger partial charge in [0.1, 0.15) is 0 Å². The highest BCUT2D eigenvalue weighted by atomic mass is 16.6. The number of hydrogen-bond donors (Lipinski definition) is 2. The van der Waals surface area contributed by atoms with Crippen LogP contribution in [0.2, 0.25) is 0 Å². The Morgan fingerprint density at radius 3 is 2.09 bits per heavy atom. The third-order valence-electron chi connectivity index (χ3n) is 6.27. The summed E-state index contributed by atoms with van der Waals surface area (Å²) in [5, 5.41) is 29.2. The van der Waals surface area contributed by atoms with E-state index >= 15 is 0 Å². The second-order valence-corrected chi connectivity index (χ2v) is 8.70. The molecule has 0 aromatic heterocycles. The summed E-state index contributed by atoms with van der Waals surface area (Å²) in [4.78, 5) is 34.2. The average molecular weight is 475 g/mol. The van der Waals surface area contributed by atoms with Gasteiger partial charge in [-0.1, -0.05) is 60.7 Å². The molecular weight excluding hydrogens is 448 g/mol. The number of amides is 1. The first-order chi connectivity index (χ1) is 16.9. The number of benzene rings is 3. The van der Waals surface area contributed by atoms with Crippen LogP contribution in [0.5, 0.6) is 0 Å². The molecule has 9 nitrogen and oxygen atoms in total. The molecule has 3 aromatic carbocycles. The van der Waals surface area contributed by atoms with Crippen LogP contribution in [0.3, 0.4) is 0 Å². The zero-order chi connectivity index (χ0) is 24.8. The summed E-state index contributed by atoms with van der Waals surface area (Å²) in [5.74, 6) is -0.578. The molecule has 0 radical (unpaired) electrons. The van der Waals surface area contributed by atoms with Crippen LogP contribution in [0.4, 0.5) is 11.4 Å². The first-order valence-corrected chi connectivity index (χ1v) is 11.5. The van der Waals surface area contributed by atoms with Crippen LogP contribution in [0.25, 0.3) is 0 Å². The predicted molar refractivity (Wildman–Crippen MR) is 131 cm³/mol. The van der Waals surface area contributed by atoms with E-state index in [9.17, 15) is 25.0 Å². The average Bonchev–Trinajstić information content (AvgIpc) is 3.06. The molecule has 1 amide bonds. The van der Waals surface area contributed by atoms with Crippen LogP contribution in [0.1, 0.15) is 46.8 Å². The lowest BCUT2D eigenvalue weighted by atomic mass is 9.96. The van der Waals surface area contributed by atoms with Gasteiger partial charge in [-0.15, -0.1) is 0 Å².